The van der Waals surface area contributed by atoms with Gasteiger partial charge in [-0.1, -0.05) is 28.7 Å². The van der Waals surface area contributed by atoms with Crippen molar-refractivity contribution in [1.82, 2.24) is 9.97 Å². The molecule has 0 unspecified atom stereocenters. The molecule has 0 saturated carbocycles. The fraction of sp³-hybridized carbons (Fsp3) is 0.0667. The summed E-state index contributed by atoms with van der Waals surface area (Å²) in [5.74, 6) is 0.712. The van der Waals surface area contributed by atoms with Crippen LogP contribution in [-0.4, -0.2) is 25.5 Å². The predicted octanol–water partition coefficient (Wildman–Crippen LogP) is 3.31. The molecular weight excluding hydrogens is 380 g/mol. The maximum absolute atomic E-state index is 11.5. The molecule has 3 N–H and O–H groups in total. The first-order chi connectivity index (χ1) is 11.9. The van der Waals surface area contributed by atoms with Gasteiger partial charge in [0.2, 0.25) is 10.0 Å². The van der Waals surface area contributed by atoms with Crippen LogP contribution in [0.5, 0.6) is 5.75 Å². The number of nitrogens with zero attached hydrogens (tertiary/aromatic N) is 2. The van der Waals surface area contributed by atoms with E-state index < -0.39 is 10.0 Å². The van der Waals surface area contributed by atoms with Gasteiger partial charge < -0.3 is 10.1 Å². The Morgan fingerprint density at radius 2 is 1.84 bits per heavy atom. The molecule has 0 aliphatic heterocycles. The van der Waals surface area contributed by atoms with Crippen LogP contribution in [0.1, 0.15) is 0 Å². The molecule has 128 valence electrons. The number of fused-ring (bicyclic) bond motifs is 2. The van der Waals surface area contributed by atoms with E-state index in [4.69, 9.17) is 9.88 Å². The Bertz CT molecular complexity index is 1200. The Morgan fingerprint density at radius 1 is 1.08 bits per heavy atom. The molecule has 0 saturated heterocycles. The highest BCUT2D eigenvalue weighted by Crippen LogP contribution is 2.35. The average molecular weight is 392 g/mol. The number of benzene rings is 2. The van der Waals surface area contributed by atoms with Gasteiger partial charge in [-0.3, -0.25) is 0 Å². The van der Waals surface area contributed by atoms with Gasteiger partial charge in [0.1, 0.15) is 11.3 Å². The first-order valence-corrected chi connectivity index (χ1v) is 10.3. The number of hydrogen-bond donors (Lipinski definition) is 2. The minimum Gasteiger partial charge on any atom is -0.494 e. The van der Waals surface area contributed by atoms with Crippen LogP contribution in [0.25, 0.3) is 20.4 Å². The molecule has 10 heteroatoms. The van der Waals surface area contributed by atoms with Crippen LogP contribution in [0.2, 0.25) is 0 Å². The molecular formula is C15H12N4O3S3. The third-order valence-electron chi connectivity index (χ3n) is 3.50. The third-order valence-corrected chi connectivity index (χ3v) is 6.28. The number of primary sulfonamides is 1. The van der Waals surface area contributed by atoms with Crippen LogP contribution in [0.15, 0.2) is 41.3 Å². The first-order valence-electron chi connectivity index (χ1n) is 7.08. The molecule has 0 amide bonds. The zero-order valence-corrected chi connectivity index (χ0v) is 15.3. The lowest BCUT2D eigenvalue weighted by Gasteiger charge is -1.98. The van der Waals surface area contributed by atoms with Crippen LogP contribution in [-0.2, 0) is 10.0 Å². The van der Waals surface area contributed by atoms with Crippen molar-refractivity contribution in [3.63, 3.8) is 0 Å². The van der Waals surface area contributed by atoms with Gasteiger partial charge in [-0.05, 0) is 30.3 Å². The number of thiazole rings is 2. The van der Waals surface area contributed by atoms with Gasteiger partial charge in [0, 0.05) is 0 Å². The first kappa shape index (κ1) is 16.2. The number of rotatable bonds is 4. The second-order valence-corrected chi connectivity index (χ2v) is 8.77. The summed E-state index contributed by atoms with van der Waals surface area (Å²) in [5.41, 5.74) is 1.48. The molecule has 4 aromatic rings. The standard InChI is InChI=1S/C15H12N4O3S3/c1-22-10-3-2-4-11-13(10)18-15(23-11)19-14-17-9-6-5-8(25(16,20)21)7-12(9)24-14/h2-7H,1H3,(H2,16,20,21)(H,17,18,19). The van der Waals surface area contributed by atoms with Gasteiger partial charge in [-0.25, -0.2) is 23.5 Å². The molecule has 2 aromatic heterocycles. The van der Waals surface area contributed by atoms with Crippen LogP contribution >= 0.6 is 22.7 Å². The molecule has 2 aromatic carbocycles. The van der Waals surface area contributed by atoms with Crippen molar-refractivity contribution in [2.75, 3.05) is 12.4 Å². The molecule has 25 heavy (non-hydrogen) atoms. The fourth-order valence-corrected chi connectivity index (χ4v) is 4.83. The topological polar surface area (TPSA) is 107 Å². The number of ether oxygens (including phenoxy) is 1. The molecule has 0 atom stereocenters. The van der Waals surface area contributed by atoms with Crippen molar-refractivity contribution in [3.05, 3.63) is 36.4 Å². The maximum Gasteiger partial charge on any atom is 0.238 e. The maximum atomic E-state index is 11.5. The molecule has 0 spiro atoms. The van der Waals surface area contributed by atoms with E-state index in [1.807, 2.05) is 18.2 Å². The zero-order chi connectivity index (χ0) is 17.6. The van der Waals surface area contributed by atoms with Crippen molar-refractivity contribution in [2.45, 2.75) is 4.90 Å². The summed E-state index contributed by atoms with van der Waals surface area (Å²) in [6, 6.07) is 10.3. The fourth-order valence-electron chi connectivity index (χ4n) is 2.37. The summed E-state index contributed by atoms with van der Waals surface area (Å²) in [6.45, 7) is 0. The van der Waals surface area contributed by atoms with E-state index in [9.17, 15) is 8.42 Å². The highest BCUT2D eigenvalue weighted by Gasteiger charge is 2.13. The van der Waals surface area contributed by atoms with Crippen molar-refractivity contribution >= 4 is 63.4 Å². The van der Waals surface area contributed by atoms with Gasteiger partial charge >= 0.3 is 0 Å². The van der Waals surface area contributed by atoms with Crippen LogP contribution < -0.4 is 15.2 Å². The molecule has 2 heterocycles. The summed E-state index contributed by atoms with van der Waals surface area (Å²) < 4.78 is 30.0. The number of nitrogens with two attached hydrogens (primary N) is 1. The Hall–Kier alpha value is -2.27. The molecule has 0 radical (unpaired) electrons. The summed E-state index contributed by atoms with van der Waals surface area (Å²) in [6.07, 6.45) is 0. The quantitative estimate of drug-likeness (QED) is 0.552. The zero-order valence-electron chi connectivity index (χ0n) is 12.9. The van der Waals surface area contributed by atoms with Crippen molar-refractivity contribution < 1.29 is 13.2 Å². The van der Waals surface area contributed by atoms with Crippen LogP contribution in [0.4, 0.5) is 10.3 Å². The van der Waals surface area contributed by atoms with Gasteiger partial charge in [0.25, 0.3) is 0 Å². The molecule has 0 aliphatic rings. The highest BCUT2D eigenvalue weighted by atomic mass is 32.2. The number of aromatic nitrogens is 2. The van der Waals surface area contributed by atoms with Gasteiger partial charge in [0.15, 0.2) is 10.3 Å². The number of sulfonamides is 1. The number of anilines is 2. The number of methoxy groups -OCH3 is 1. The summed E-state index contributed by atoms with van der Waals surface area (Å²) in [5, 5.41) is 9.65. The highest BCUT2D eigenvalue weighted by molar-refractivity contribution is 7.89. The largest absolute Gasteiger partial charge is 0.494 e. The summed E-state index contributed by atoms with van der Waals surface area (Å²) >= 11 is 2.82. The SMILES string of the molecule is COc1cccc2sc(Nc3nc4ccc(S(N)(=O)=O)cc4s3)nc12. The molecule has 0 fully saturated rings. The minimum absolute atomic E-state index is 0.0694. The van der Waals surface area contributed by atoms with Crippen LogP contribution in [0, 0.1) is 0 Å². The third kappa shape index (κ3) is 3.04. The number of nitrogens with one attached hydrogen (secondary N) is 1. The lowest BCUT2D eigenvalue weighted by molar-refractivity contribution is 0.419. The second-order valence-electron chi connectivity index (χ2n) is 5.14. The Labute approximate surface area is 151 Å². The lowest BCUT2D eigenvalue weighted by atomic mass is 10.3. The number of hydrogen-bond acceptors (Lipinski definition) is 8. The van der Waals surface area contributed by atoms with E-state index in [2.05, 4.69) is 15.3 Å². The number of para-hydroxylation sites is 1. The summed E-state index contributed by atoms with van der Waals surface area (Å²) in [7, 11) is -2.13. The van der Waals surface area contributed by atoms with Crippen LogP contribution in [0.3, 0.4) is 0 Å². The average Bonchev–Trinajstić information content (AvgIpc) is 3.15. The van der Waals surface area contributed by atoms with Crippen molar-refractivity contribution in [3.8, 4) is 5.75 Å². The molecule has 0 aliphatic carbocycles. The van der Waals surface area contributed by atoms with E-state index >= 15 is 0 Å². The smallest absolute Gasteiger partial charge is 0.238 e. The van der Waals surface area contributed by atoms with E-state index in [1.54, 1.807) is 13.2 Å². The van der Waals surface area contributed by atoms with Gasteiger partial charge in [-0.15, -0.1) is 0 Å². The predicted molar refractivity (Wildman–Crippen MR) is 100 cm³/mol. The Balaban J connectivity index is 1.71. The monoisotopic (exact) mass is 392 g/mol. The second kappa shape index (κ2) is 5.92. The normalized spacial score (nSPS) is 11.9. The lowest BCUT2D eigenvalue weighted by Crippen LogP contribution is -2.11. The molecule has 7 nitrogen and oxygen atoms in total. The van der Waals surface area contributed by atoms with Gasteiger partial charge in [-0.2, -0.15) is 0 Å². The Kier molecular flexibility index (Phi) is 3.84. The molecule has 0 bridgehead atoms. The van der Waals surface area contributed by atoms with Crippen molar-refractivity contribution in [1.29, 1.82) is 0 Å². The summed E-state index contributed by atoms with van der Waals surface area (Å²) in [4.78, 5) is 9.06. The minimum atomic E-state index is -3.73. The van der Waals surface area contributed by atoms with E-state index in [-0.39, 0.29) is 4.90 Å². The molecule has 4 rings (SSSR count). The van der Waals surface area contributed by atoms with E-state index in [0.29, 0.717) is 21.5 Å². The van der Waals surface area contributed by atoms with E-state index in [0.717, 1.165) is 14.9 Å². The Morgan fingerprint density at radius 3 is 2.60 bits per heavy atom. The van der Waals surface area contributed by atoms with E-state index in [1.165, 1.54) is 34.8 Å². The van der Waals surface area contributed by atoms with Crippen molar-refractivity contribution in [2.24, 2.45) is 5.14 Å². The van der Waals surface area contributed by atoms with Gasteiger partial charge in [0.05, 0.1) is 26.9 Å².